The van der Waals surface area contributed by atoms with Crippen LogP contribution in [0.1, 0.15) is 11.3 Å². The summed E-state index contributed by atoms with van der Waals surface area (Å²) >= 11 is 0. The minimum Gasteiger partial charge on any atom is -0.325 e. The number of nitrogens with zero attached hydrogens (tertiary/aromatic N) is 2. The summed E-state index contributed by atoms with van der Waals surface area (Å²) in [7, 11) is 0. The maximum absolute atomic E-state index is 12.2. The quantitative estimate of drug-likeness (QED) is 0.800. The molecule has 0 atom stereocenters. The molecule has 0 aliphatic heterocycles. The molecule has 0 fully saturated rings. The lowest BCUT2D eigenvalue weighted by atomic mass is 10.1. The number of anilines is 1. The maximum Gasteiger partial charge on any atom is 0.228 e. The highest BCUT2D eigenvalue weighted by atomic mass is 16.1. The van der Waals surface area contributed by atoms with Gasteiger partial charge in [-0.15, -0.1) is 0 Å². The van der Waals surface area contributed by atoms with Crippen LogP contribution in [0.5, 0.6) is 0 Å². The predicted octanol–water partition coefficient (Wildman–Crippen LogP) is 3.12. The lowest BCUT2D eigenvalue weighted by Gasteiger charge is -2.08. The summed E-state index contributed by atoms with van der Waals surface area (Å²) in [5, 5.41) is 3.88. The van der Waals surface area contributed by atoms with Gasteiger partial charge in [-0.05, 0) is 42.8 Å². The van der Waals surface area contributed by atoms with Crippen molar-refractivity contribution < 1.29 is 4.79 Å². The van der Waals surface area contributed by atoms with Gasteiger partial charge in [0.1, 0.15) is 0 Å². The van der Waals surface area contributed by atoms with E-state index < -0.39 is 0 Å². The molecule has 0 unspecified atom stereocenters. The van der Waals surface area contributed by atoms with Crippen molar-refractivity contribution in [2.24, 2.45) is 0 Å². The first-order valence-corrected chi connectivity index (χ1v) is 6.77. The van der Waals surface area contributed by atoms with Gasteiger partial charge in [-0.3, -0.25) is 14.8 Å². The molecule has 1 N–H and O–H groups in total. The number of amides is 1. The first kappa shape index (κ1) is 13.2. The average molecular weight is 277 g/mol. The van der Waals surface area contributed by atoms with Crippen molar-refractivity contribution in [3.05, 3.63) is 66.1 Å². The monoisotopic (exact) mass is 277 g/mol. The minimum atomic E-state index is -0.0583. The van der Waals surface area contributed by atoms with E-state index in [9.17, 15) is 4.79 Å². The van der Waals surface area contributed by atoms with Gasteiger partial charge in [-0.1, -0.05) is 12.1 Å². The van der Waals surface area contributed by atoms with Crippen molar-refractivity contribution in [3.8, 4) is 0 Å². The normalized spacial score (nSPS) is 10.5. The molecule has 2 heterocycles. The number of carbonyl (C=O) groups excluding carboxylic acids is 1. The fraction of sp³-hybridized carbons (Fsp3) is 0.118. The molecule has 3 rings (SSSR count). The minimum absolute atomic E-state index is 0.0583. The fourth-order valence-corrected chi connectivity index (χ4v) is 2.20. The molecule has 0 aliphatic carbocycles. The fourth-order valence-electron chi connectivity index (χ4n) is 2.20. The van der Waals surface area contributed by atoms with E-state index in [1.54, 1.807) is 12.4 Å². The lowest BCUT2D eigenvalue weighted by molar-refractivity contribution is -0.115. The van der Waals surface area contributed by atoms with E-state index in [0.29, 0.717) is 6.42 Å². The number of benzene rings is 1. The predicted molar refractivity (Wildman–Crippen MR) is 83.1 cm³/mol. The Morgan fingerprint density at radius 1 is 1.10 bits per heavy atom. The summed E-state index contributed by atoms with van der Waals surface area (Å²) in [4.78, 5) is 20.6. The summed E-state index contributed by atoms with van der Waals surface area (Å²) in [5.41, 5.74) is 3.49. The second-order valence-electron chi connectivity index (χ2n) is 4.91. The van der Waals surface area contributed by atoms with Crippen LogP contribution in [0.3, 0.4) is 0 Å². The van der Waals surface area contributed by atoms with Gasteiger partial charge in [-0.2, -0.15) is 0 Å². The van der Waals surface area contributed by atoms with Gasteiger partial charge >= 0.3 is 0 Å². The third-order valence-electron chi connectivity index (χ3n) is 3.26. The van der Waals surface area contributed by atoms with E-state index in [1.807, 2.05) is 49.4 Å². The highest BCUT2D eigenvalue weighted by Crippen LogP contribution is 2.21. The summed E-state index contributed by atoms with van der Waals surface area (Å²) < 4.78 is 0. The van der Waals surface area contributed by atoms with E-state index in [-0.39, 0.29) is 5.91 Å². The van der Waals surface area contributed by atoms with E-state index in [4.69, 9.17) is 0 Å². The number of hydrogen-bond acceptors (Lipinski definition) is 3. The molecule has 21 heavy (non-hydrogen) atoms. The topological polar surface area (TPSA) is 54.9 Å². The van der Waals surface area contributed by atoms with Gasteiger partial charge < -0.3 is 5.32 Å². The summed E-state index contributed by atoms with van der Waals surface area (Å²) in [5.74, 6) is -0.0583. The molecule has 0 saturated heterocycles. The van der Waals surface area contributed by atoms with Crippen molar-refractivity contribution in [1.29, 1.82) is 0 Å². The van der Waals surface area contributed by atoms with Crippen LogP contribution in [0.2, 0.25) is 0 Å². The van der Waals surface area contributed by atoms with Crippen molar-refractivity contribution in [2.75, 3.05) is 5.32 Å². The van der Waals surface area contributed by atoms with Gasteiger partial charge in [0.05, 0.1) is 17.6 Å². The van der Waals surface area contributed by atoms with Crippen LogP contribution >= 0.6 is 0 Å². The Balaban J connectivity index is 1.79. The molecule has 104 valence electrons. The Labute approximate surface area is 122 Å². The molecule has 0 spiro atoms. The second kappa shape index (κ2) is 5.71. The molecule has 4 heteroatoms. The van der Waals surface area contributed by atoms with Gasteiger partial charge in [0, 0.05) is 23.5 Å². The molecule has 2 aromatic heterocycles. The maximum atomic E-state index is 12.2. The number of pyridine rings is 2. The van der Waals surface area contributed by atoms with E-state index in [0.717, 1.165) is 27.8 Å². The number of hydrogen-bond donors (Lipinski definition) is 1. The van der Waals surface area contributed by atoms with E-state index in [1.165, 1.54) is 0 Å². The van der Waals surface area contributed by atoms with E-state index >= 15 is 0 Å². The summed E-state index contributed by atoms with van der Waals surface area (Å²) in [6, 6.07) is 13.3. The van der Waals surface area contributed by atoms with E-state index in [2.05, 4.69) is 15.3 Å². The highest BCUT2D eigenvalue weighted by Gasteiger charge is 2.07. The van der Waals surface area contributed by atoms with Gasteiger partial charge in [-0.25, -0.2) is 0 Å². The van der Waals surface area contributed by atoms with Crippen LogP contribution in [0.4, 0.5) is 5.69 Å². The van der Waals surface area contributed by atoms with Crippen LogP contribution < -0.4 is 5.32 Å². The Kier molecular flexibility index (Phi) is 3.60. The largest absolute Gasteiger partial charge is 0.325 e. The first-order valence-electron chi connectivity index (χ1n) is 6.77. The Morgan fingerprint density at radius 2 is 2.00 bits per heavy atom. The highest BCUT2D eigenvalue weighted by molar-refractivity contribution is 6.01. The lowest BCUT2D eigenvalue weighted by Crippen LogP contribution is -2.14. The Bertz CT molecular complexity index is 776. The SMILES string of the molecule is Cc1ccc(CC(=O)Nc2cccc3ncccc23)cn1. The molecule has 1 aromatic carbocycles. The second-order valence-corrected chi connectivity index (χ2v) is 4.91. The van der Waals surface area contributed by atoms with Crippen LogP contribution in [0.25, 0.3) is 10.9 Å². The Hall–Kier alpha value is -2.75. The number of carbonyl (C=O) groups is 1. The number of aromatic nitrogens is 2. The molecule has 0 saturated carbocycles. The van der Waals surface area contributed by atoms with Crippen LogP contribution in [-0.2, 0) is 11.2 Å². The molecule has 1 amide bonds. The van der Waals surface area contributed by atoms with Crippen molar-refractivity contribution in [2.45, 2.75) is 13.3 Å². The summed E-state index contributed by atoms with van der Waals surface area (Å²) in [6.07, 6.45) is 3.79. The average Bonchev–Trinajstić information content (AvgIpc) is 2.50. The van der Waals surface area contributed by atoms with Crippen LogP contribution in [-0.4, -0.2) is 15.9 Å². The zero-order valence-electron chi connectivity index (χ0n) is 11.7. The van der Waals surface area contributed by atoms with Gasteiger partial charge in [0.2, 0.25) is 5.91 Å². The van der Waals surface area contributed by atoms with Gasteiger partial charge in [0.25, 0.3) is 0 Å². The number of rotatable bonds is 3. The third kappa shape index (κ3) is 3.05. The third-order valence-corrected chi connectivity index (χ3v) is 3.26. The number of nitrogens with one attached hydrogen (secondary N) is 1. The van der Waals surface area contributed by atoms with Gasteiger partial charge in [0.15, 0.2) is 0 Å². The van der Waals surface area contributed by atoms with Crippen molar-refractivity contribution >= 4 is 22.5 Å². The molecule has 3 aromatic rings. The Morgan fingerprint density at radius 3 is 2.81 bits per heavy atom. The first-order chi connectivity index (χ1) is 10.2. The number of aryl methyl sites for hydroxylation is 1. The smallest absolute Gasteiger partial charge is 0.228 e. The zero-order chi connectivity index (χ0) is 14.7. The summed E-state index contributed by atoms with van der Waals surface area (Å²) in [6.45, 7) is 1.92. The zero-order valence-corrected chi connectivity index (χ0v) is 11.7. The molecular formula is C17H15N3O. The standard InChI is InChI=1S/C17H15N3O/c1-12-7-8-13(11-19-12)10-17(21)20-16-6-2-5-15-14(16)4-3-9-18-15/h2-9,11H,10H2,1H3,(H,20,21). The molecular weight excluding hydrogens is 262 g/mol. The molecule has 0 bridgehead atoms. The van der Waals surface area contributed by atoms with Crippen LogP contribution in [0, 0.1) is 6.92 Å². The molecule has 0 aliphatic rings. The van der Waals surface area contributed by atoms with Crippen molar-refractivity contribution in [3.63, 3.8) is 0 Å². The molecule has 0 radical (unpaired) electrons. The van der Waals surface area contributed by atoms with Crippen molar-refractivity contribution in [1.82, 2.24) is 9.97 Å². The molecule has 4 nitrogen and oxygen atoms in total. The number of fused-ring (bicyclic) bond motifs is 1. The van der Waals surface area contributed by atoms with Crippen LogP contribution in [0.15, 0.2) is 54.9 Å².